The molecule has 1 N–H and O–H groups in total. The first-order valence-corrected chi connectivity index (χ1v) is 7.90. The molecule has 2 aliphatic rings. The van der Waals surface area contributed by atoms with Crippen LogP contribution in [0.15, 0.2) is 30.3 Å². The van der Waals surface area contributed by atoms with Gasteiger partial charge in [0.05, 0.1) is 6.54 Å². The van der Waals surface area contributed by atoms with Crippen molar-refractivity contribution in [3.05, 3.63) is 41.7 Å². The molecule has 1 aromatic carbocycles. The first-order chi connectivity index (χ1) is 11.2. The quantitative estimate of drug-likeness (QED) is 0.939. The third kappa shape index (κ3) is 2.88. The molecule has 1 amide bonds. The van der Waals surface area contributed by atoms with Crippen molar-refractivity contribution >= 4 is 5.91 Å². The van der Waals surface area contributed by atoms with E-state index in [0.717, 1.165) is 17.2 Å². The molecule has 1 aromatic heterocycles. The lowest BCUT2D eigenvalue weighted by molar-refractivity contribution is 0.0517. The molecule has 2 heterocycles. The number of aromatic amines is 1. The molecule has 6 heteroatoms. The average Bonchev–Trinajstić information content (AvgIpc) is 3.31. The van der Waals surface area contributed by atoms with E-state index in [4.69, 9.17) is 9.47 Å². The lowest BCUT2D eigenvalue weighted by atomic mass is 10.2. The number of nitrogens with one attached hydrogen (secondary N) is 1. The van der Waals surface area contributed by atoms with E-state index in [-0.39, 0.29) is 12.0 Å². The smallest absolute Gasteiger partial charge is 0.274 e. The fraction of sp³-hybridized carbons (Fsp3) is 0.412. The summed E-state index contributed by atoms with van der Waals surface area (Å²) in [6.07, 6.45) is 2.18. The van der Waals surface area contributed by atoms with Gasteiger partial charge in [-0.05, 0) is 31.0 Å². The Bertz CT molecular complexity index is 723. The average molecular weight is 313 g/mol. The van der Waals surface area contributed by atoms with Gasteiger partial charge in [-0.2, -0.15) is 5.10 Å². The van der Waals surface area contributed by atoms with Crippen LogP contribution in [0.4, 0.5) is 0 Å². The lowest BCUT2D eigenvalue weighted by Gasteiger charge is -2.29. The molecule has 23 heavy (non-hydrogen) atoms. The molecule has 1 aliphatic carbocycles. The Morgan fingerprint density at radius 1 is 1.35 bits per heavy atom. The first kappa shape index (κ1) is 14.1. The molecule has 1 saturated carbocycles. The van der Waals surface area contributed by atoms with E-state index in [1.165, 1.54) is 12.8 Å². The Labute approximate surface area is 134 Å². The standard InChI is InChI=1S/C17H19N3O3/c1-20(17(21)14-8-13(18-19-14)11-6-7-11)9-12-10-22-15-4-2-3-5-16(15)23-12/h2-5,8,11-12H,6-7,9-10H2,1H3,(H,18,19)/t12-/m0/s1. The van der Waals surface area contributed by atoms with Crippen molar-refractivity contribution in [2.75, 3.05) is 20.2 Å². The normalized spacial score (nSPS) is 19.4. The number of hydrogen-bond donors (Lipinski definition) is 1. The van der Waals surface area contributed by atoms with Gasteiger partial charge in [-0.25, -0.2) is 0 Å². The fourth-order valence-electron chi connectivity index (χ4n) is 2.79. The van der Waals surface area contributed by atoms with Gasteiger partial charge in [0.1, 0.15) is 12.3 Å². The summed E-state index contributed by atoms with van der Waals surface area (Å²) in [6, 6.07) is 9.43. The predicted molar refractivity (Wildman–Crippen MR) is 83.9 cm³/mol. The highest BCUT2D eigenvalue weighted by Crippen LogP contribution is 2.39. The maximum absolute atomic E-state index is 12.5. The first-order valence-electron chi connectivity index (χ1n) is 7.90. The second kappa shape index (κ2) is 5.61. The summed E-state index contributed by atoms with van der Waals surface area (Å²) in [7, 11) is 1.76. The largest absolute Gasteiger partial charge is 0.486 e. The summed E-state index contributed by atoms with van der Waals surface area (Å²) >= 11 is 0. The topological polar surface area (TPSA) is 67.5 Å². The van der Waals surface area contributed by atoms with E-state index in [2.05, 4.69) is 10.2 Å². The molecule has 1 aliphatic heterocycles. The third-order valence-corrected chi connectivity index (χ3v) is 4.23. The van der Waals surface area contributed by atoms with Crippen molar-refractivity contribution in [3.63, 3.8) is 0 Å². The molecule has 6 nitrogen and oxygen atoms in total. The zero-order valence-corrected chi connectivity index (χ0v) is 13.0. The van der Waals surface area contributed by atoms with Crippen LogP contribution in [-0.4, -0.2) is 47.3 Å². The molecule has 0 bridgehead atoms. The van der Waals surface area contributed by atoms with Crippen molar-refractivity contribution in [1.29, 1.82) is 0 Å². The number of benzene rings is 1. The van der Waals surface area contributed by atoms with E-state index in [9.17, 15) is 4.79 Å². The van der Waals surface area contributed by atoms with E-state index < -0.39 is 0 Å². The minimum absolute atomic E-state index is 0.101. The number of H-pyrrole nitrogens is 1. The molecule has 1 fully saturated rings. The molecule has 0 saturated heterocycles. The minimum Gasteiger partial charge on any atom is -0.486 e. The monoisotopic (exact) mass is 313 g/mol. The van der Waals surface area contributed by atoms with E-state index in [1.807, 2.05) is 30.3 Å². The summed E-state index contributed by atoms with van der Waals surface area (Å²) in [5.74, 6) is 1.93. The van der Waals surface area contributed by atoms with Gasteiger partial charge in [0.15, 0.2) is 17.6 Å². The van der Waals surface area contributed by atoms with Crippen LogP contribution in [0.3, 0.4) is 0 Å². The second-order valence-electron chi connectivity index (χ2n) is 6.17. The van der Waals surface area contributed by atoms with Crippen molar-refractivity contribution < 1.29 is 14.3 Å². The van der Waals surface area contributed by atoms with Crippen LogP contribution < -0.4 is 9.47 Å². The van der Waals surface area contributed by atoms with Gasteiger partial charge in [-0.3, -0.25) is 9.89 Å². The molecular formula is C17H19N3O3. The van der Waals surface area contributed by atoms with Gasteiger partial charge >= 0.3 is 0 Å². The Balaban J connectivity index is 1.39. The fourth-order valence-corrected chi connectivity index (χ4v) is 2.79. The summed E-state index contributed by atoms with van der Waals surface area (Å²) in [5.41, 5.74) is 1.53. The number of carbonyl (C=O) groups excluding carboxylic acids is 1. The molecule has 0 radical (unpaired) electrons. The Morgan fingerprint density at radius 3 is 2.91 bits per heavy atom. The summed E-state index contributed by atoms with van der Waals surface area (Å²) in [5, 5.41) is 7.11. The zero-order chi connectivity index (χ0) is 15.8. The number of fused-ring (bicyclic) bond motifs is 1. The van der Waals surface area contributed by atoms with E-state index in [0.29, 0.717) is 24.8 Å². The van der Waals surface area contributed by atoms with Crippen LogP contribution in [0.25, 0.3) is 0 Å². The van der Waals surface area contributed by atoms with Gasteiger partial charge in [-0.15, -0.1) is 0 Å². The number of hydrogen-bond acceptors (Lipinski definition) is 4. The number of rotatable bonds is 4. The van der Waals surface area contributed by atoms with Crippen molar-refractivity contribution in [2.45, 2.75) is 24.9 Å². The molecule has 120 valence electrons. The third-order valence-electron chi connectivity index (χ3n) is 4.23. The number of amides is 1. The van der Waals surface area contributed by atoms with Gasteiger partial charge in [-0.1, -0.05) is 12.1 Å². The van der Waals surface area contributed by atoms with Crippen molar-refractivity contribution in [3.8, 4) is 11.5 Å². The van der Waals surface area contributed by atoms with Crippen LogP contribution >= 0.6 is 0 Å². The number of carbonyl (C=O) groups is 1. The highest BCUT2D eigenvalue weighted by molar-refractivity contribution is 5.92. The number of likely N-dealkylation sites (N-methyl/N-ethyl adjacent to an activating group) is 1. The Kier molecular flexibility index (Phi) is 3.44. The summed E-state index contributed by atoms with van der Waals surface area (Å²) in [4.78, 5) is 14.1. The highest BCUT2D eigenvalue weighted by atomic mass is 16.6. The SMILES string of the molecule is CN(C[C@H]1COc2ccccc2O1)C(=O)c1cc(C2CC2)[nH]n1. The highest BCUT2D eigenvalue weighted by Gasteiger charge is 2.28. The lowest BCUT2D eigenvalue weighted by Crippen LogP contribution is -2.41. The van der Waals surface area contributed by atoms with Crippen LogP contribution in [0.2, 0.25) is 0 Å². The molecular weight excluding hydrogens is 294 g/mol. The van der Waals surface area contributed by atoms with Crippen LogP contribution in [0.1, 0.15) is 34.9 Å². The minimum atomic E-state index is -0.180. The predicted octanol–water partition coefficient (Wildman–Crippen LogP) is 2.20. The zero-order valence-electron chi connectivity index (χ0n) is 13.0. The van der Waals surface area contributed by atoms with Crippen LogP contribution in [-0.2, 0) is 0 Å². The Morgan fingerprint density at radius 2 is 2.13 bits per heavy atom. The molecule has 0 unspecified atom stereocenters. The Hall–Kier alpha value is -2.50. The van der Waals surface area contributed by atoms with Crippen LogP contribution in [0, 0.1) is 0 Å². The summed E-state index contributed by atoms with van der Waals surface area (Å²) < 4.78 is 11.6. The molecule has 4 rings (SSSR count). The van der Waals surface area contributed by atoms with Crippen LogP contribution in [0.5, 0.6) is 11.5 Å². The van der Waals surface area contributed by atoms with Gasteiger partial charge in [0, 0.05) is 18.7 Å². The number of aromatic nitrogens is 2. The van der Waals surface area contributed by atoms with Gasteiger partial charge in [0.2, 0.25) is 0 Å². The number of para-hydroxylation sites is 2. The van der Waals surface area contributed by atoms with E-state index >= 15 is 0 Å². The van der Waals surface area contributed by atoms with E-state index in [1.54, 1.807) is 11.9 Å². The molecule has 0 spiro atoms. The second-order valence-corrected chi connectivity index (χ2v) is 6.17. The maximum atomic E-state index is 12.5. The van der Waals surface area contributed by atoms with Gasteiger partial charge < -0.3 is 14.4 Å². The van der Waals surface area contributed by atoms with Gasteiger partial charge in [0.25, 0.3) is 5.91 Å². The summed E-state index contributed by atoms with van der Waals surface area (Å²) in [6.45, 7) is 0.890. The molecule has 1 atom stereocenters. The number of nitrogens with zero attached hydrogens (tertiary/aromatic N) is 2. The number of ether oxygens (including phenoxy) is 2. The van der Waals surface area contributed by atoms with Crippen molar-refractivity contribution in [2.24, 2.45) is 0 Å². The molecule has 2 aromatic rings. The maximum Gasteiger partial charge on any atom is 0.274 e. The van der Waals surface area contributed by atoms with Crippen molar-refractivity contribution in [1.82, 2.24) is 15.1 Å².